The average Bonchev–Trinajstić information content (AvgIpc) is 2.70. The molecule has 15 heavy (non-hydrogen) atoms. The molecule has 0 bridgehead atoms. The zero-order chi connectivity index (χ0) is 10.8. The normalized spacial score (nSPS) is 10.6. The van der Waals surface area contributed by atoms with Gasteiger partial charge in [-0.3, -0.25) is 4.57 Å². The van der Waals surface area contributed by atoms with E-state index in [9.17, 15) is 0 Å². The van der Waals surface area contributed by atoms with Crippen LogP contribution in [-0.2, 0) is 6.54 Å². The Hall–Kier alpha value is -1.10. The van der Waals surface area contributed by atoms with Gasteiger partial charge in [0.15, 0.2) is 5.82 Å². The summed E-state index contributed by atoms with van der Waals surface area (Å²) < 4.78 is 1.72. The summed E-state index contributed by atoms with van der Waals surface area (Å²) in [5, 5.41) is 8.60. The molecule has 4 nitrogen and oxygen atoms in total. The van der Waals surface area contributed by atoms with E-state index in [1.807, 2.05) is 12.1 Å². The summed E-state index contributed by atoms with van der Waals surface area (Å²) in [6.45, 7) is 0.294. The van der Waals surface area contributed by atoms with Crippen molar-refractivity contribution in [2.45, 2.75) is 6.54 Å². The van der Waals surface area contributed by atoms with Crippen molar-refractivity contribution in [3.05, 3.63) is 40.4 Å². The molecule has 2 aromatic rings. The van der Waals surface area contributed by atoms with Gasteiger partial charge in [0.2, 0.25) is 0 Å². The van der Waals surface area contributed by atoms with E-state index in [0.29, 0.717) is 22.4 Å². The Kier molecular flexibility index (Phi) is 2.90. The summed E-state index contributed by atoms with van der Waals surface area (Å²) in [4.78, 5) is 0. The van der Waals surface area contributed by atoms with Crippen molar-refractivity contribution >= 4 is 23.2 Å². The van der Waals surface area contributed by atoms with Gasteiger partial charge in [0.25, 0.3) is 0 Å². The van der Waals surface area contributed by atoms with Gasteiger partial charge in [-0.2, -0.15) is 0 Å². The fourth-order valence-electron chi connectivity index (χ4n) is 1.28. The van der Waals surface area contributed by atoms with E-state index < -0.39 is 0 Å². The maximum atomic E-state index is 6.06. The smallest absolute Gasteiger partial charge is 0.151 e. The van der Waals surface area contributed by atoms with E-state index in [0.717, 1.165) is 5.69 Å². The largest absolute Gasteiger partial charge is 0.324 e. The van der Waals surface area contributed by atoms with Crippen LogP contribution in [-0.4, -0.2) is 14.8 Å². The van der Waals surface area contributed by atoms with Crippen LogP contribution in [0.4, 0.5) is 0 Å². The van der Waals surface area contributed by atoms with Crippen molar-refractivity contribution in [3.8, 4) is 5.69 Å². The summed E-state index contributed by atoms with van der Waals surface area (Å²) in [5.41, 5.74) is 6.25. The minimum Gasteiger partial charge on any atom is -0.324 e. The predicted molar refractivity (Wildman–Crippen MR) is 59.3 cm³/mol. The Balaban J connectivity index is 2.59. The van der Waals surface area contributed by atoms with E-state index in [-0.39, 0.29) is 0 Å². The molecule has 0 aliphatic carbocycles. The van der Waals surface area contributed by atoms with Gasteiger partial charge in [-0.1, -0.05) is 29.3 Å². The van der Waals surface area contributed by atoms with Gasteiger partial charge in [0, 0.05) is 0 Å². The van der Waals surface area contributed by atoms with E-state index >= 15 is 0 Å². The molecule has 0 unspecified atom stereocenters. The first-order valence-electron chi connectivity index (χ1n) is 4.27. The maximum Gasteiger partial charge on any atom is 0.151 e. The van der Waals surface area contributed by atoms with Gasteiger partial charge in [0.1, 0.15) is 6.33 Å². The summed E-state index contributed by atoms with van der Waals surface area (Å²) in [5.74, 6) is 0.638. The molecule has 0 spiro atoms. The van der Waals surface area contributed by atoms with Crippen LogP contribution in [0.1, 0.15) is 5.82 Å². The van der Waals surface area contributed by atoms with E-state index in [1.54, 1.807) is 17.0 Å². The molecular weight excluding hydrogens is 235 g/mol. The molecule has 0 aliphatic rings. The number of halogens is 2. The van der Waals surface area contributed by atoms with Gasteiger partial charge < -0.3 is 5.73 Å². The molecule has 0 saturated heterocycles. The third kappa shape index (κ3) is 1.84. The van der Waals surface area contributed by atoms with Crippen molar-refractivity contribution in [2.75, 3.05) is 0 Å². The number of rotatable bonds is 2. The highest BCUT2D eigenvalue weighted by molar-refractivity contribution is 6.43. The highest BCUT2D eigenvalue weighted by atomic mass is 35.5. The van der Waals surface area contributed by atoms with Crippen molar-refractivity contribution in [3.63, 3.8) is 0 Å². The van der Waals surface area contributed by atoms with Gasteiger partial charge in [-0.25, -0.2) is 0 Å². The zero-order valence-corrected chi connectivity index (χ0v) is 9.20. The lowest BCUT2D eigenvalue weighted by atomic mass is 10.3. The molecule has 6 heteroatoms. The first kappa shape index (κ1) is 10.4. The third-order valence-electron chi connectivity index (χ3n) is 1.99. The van der Waals surface area contributed by atoms with Crippen molar-refractivity contribution in [2.24, 2.45) is 5.73 Å². The SMILES string of the molecule is NCc1nncn1-c1cccc(Cl)c1Cl. The lowest BCUT2D eigenvalue weighted by Crippen LogP contribution is -2.06. The predicted octanol–water partition coefficient (Wildman–Crippen LogP) is 2.03. The van der Waals surface area contributed by atoms with Crippen LogP contribution in [0.2, 0.25) is 10.0 Å². The number of nitrogens with zero attached hydrogens (tertiary/aromatic N) is 3. The van der Waals surface area contributed by atoms with Gasteiger partial charge >= 0.3 is 0 Å². The second-order valence-corrected chi connectivity index (χ2v) is 3.68. The second kappa shape index (κ2) is 4.18. The van der Waals surface area contributed by atoms with Crippen LogP contribution in [0.3, 0.4) is 0 Å². The summed E-state index contributed by atoms with van der Waals surface area (Å²) >= 11 is 12.0. The molecule has 0 atom stereocenters. The third-order valence-corrected chi connectivity index (χ3v) is 2.80. The second-order valence-electron chi connectivity index (χ2n) is 2.89. The van der Waals surface area contributed by atoms with Crippen molar-refractivity contribution < 1.29 is 0 Å². The molecule has 1 aromatic carbocycles. The van der Waals surface area contributed by atoms with Crippen molar-refractivity contribution in [1.82, 2.24) is 14.8 Å². The quantitative estimate of drug-likeness (QED) is 0.877. The first-order valence-corrected chi connectivity index (χ1v) is 5.03. The Bertz CT molecular complexity index is 481. The molecule has 78 valence electrons. The van der Waals surface area contributed by atoms with Gasteiger partial charge in [-0.05, 0) is 12.1 Å². The van der Waals surface area contributed by atoms with Crippen LogP contribution in [0.5, 0.6) is 0 Å². The molecule has 2 N–H and O–H groups in total. The summed E-state index contributed by atoms with van der Waals surface area (Å²) in [6.07, 6.45) is 1.56. The van der Waals surface area contributed by atoms with Crippen molar-refractivity contribution in [1.29, 1.82) is 0 Å². The molecule has 0 saturated carbocycles. The average molecular weight is 243 g/mol. The number of nitrogens with two attached hydrogens (primary N) is 1. The summed E-state index contributed by atoms with van der Waals surface area (Å²) in [6, 6.07) is 5.36. The Morgan fingerprint density at radius 1 is 1.33 bits per heavy atom. The topological polar surface area (TPSA) is 56.7 Å². The van der Waals surface area contributed by atoms with E-state index in [2.05, 4.69) is 10.2 Å². The molecule has 0 aliphatic heterocycles. The number of benzene rings is 1. The highest BCUT2D eigenvalue weighted by Crippen LogP contribution is 2.28. The molecule has 1 heterocycles. The van der Waals surface area contributed by atoms with Crippen LogP contribution in [0.25, 0.3) is 5.69 Å². The Morgan fingerprint density at radius 3 is 2.87 bits per heavy atom. The molecule has 1 aromatic heterocycles. The Morgan fingerprint density at radius 2 is 2.13 bits per heavy atom. The fourth-order valence-corrected chi connectivity index (χ4v) is 1.66. The lowest BCUT2D eigenvalue weighted by molar-refractivity contribution is 0.860. The number of hydrogen-bond acceptors (Lipinski definition) is 3. The molecular formula is C9H8Cl2N4. The molecule has 0 amide bonds. The maximum absolute atomic E-state index is 6.06. The van der Waals surface area contributed by atoms with E-state index in [1.165, 1.54) is 0 Å². The Labute approximate surface area is 96.6 Å². The fraction of sp³-hybridized carbons (Fsp3) is 0.111. The number of hydrogen-bond donors (Lipinski definition) is 1. The standard InChI is InChI=1S/C9H8Cl2N4/c10-6-2-1-3-7(9(6)11)15-5-13-14-8(15)4-12/h1-3,5H,4,12H2. The van der Waals surface area contributed by atoms with Crippen LogP contribution in [0.15, 0.2) is 24.5 Å². The monoisotopic (exact) mass is 242 g/mol. The summed E-state index contributed by atoms with van der Waals surface area (Å²) in [7, 11) is 0. The van der Waals surface area contributed by atoms with E-state index in [4.69, 9.17) is 28.9 Å². The molecule has 0 radical (unpaired) electrons. The number of aromatic nitrogens is 3. The molecule has 2 rings (SSSR count). The minimum absolute atomic E-state index is 0.294. The van der Waals surface area contributed by atoms with Gasteiger partial charge in [-0.15, -0.1) is 10.2 Å². The van der Waals surface area contributed by atoms with Crippen LogP contribution >= 0.6 is 23.2 Å². The highest BCUT2D eigenvalue weighted by Gasteiger charge is 2.09. The minimum atomic E-state index is 0.294. The van der Waals surface area contributed by atoms with Crippen LogP contribution in [0, 0.1) is 0 Å². The molecule has 0 fully saturated rings. The first-order chi connectivity index (χ1) is 7.24. The van der Waals surface area contributed by atoms with Gasteiger partial charge in [0.05, 0.1) is 22.3 Å². The lowest BCUT2D eigenvalue weighted by Gasteiger charge is -2.07. The zero-order valence-electron chi connectivity index (χ0n) is 7.69. The van der Waals surface area contributed by atoms with Crippen LogP contribution < -0.4 is 5.73 Å².